The molecule has 10 heteroatoms. The first-order chi connectivity index (χ1) is 17.1. The number of rotatable bonds is 10. The number of benzene rings is 2. The summed E-state index contributed by atoms with van der Waals surface area (Å²) in [7, 11) is 0. The van der Waals surface area contributed by atoms with Crippen molar-refractivity contribution in [2.75, 3.05) is 0 Å². The van der Waals surface area contributed by atoms with Gasteiger partial charge in [-0.25, -0.2) is 5.43 Å². The molecule has 7 nitrogen and oxygen atoms in total. The summed E-state index contributed by atoms with van der Waals surface area (Å²) in [6.07, 6.45) is 0.895. The van der Waals surface area contributed by atoms with Gasteiger partial charge in [-0.3, -0.25) is 9.59 Å². The van der Waals surface area contributed by atoms with E-state index in [0.717, 1.165) is 5.56 Å². The molecule has 0 aliphatic carbocycles. The highest BCUT2D eigenvalue weighted by Gasteiger charge is 2.25. The van der Waals surface area contributed by atoms with E-state index in [2.05, 4.69) is 15.8 Å². The molecule has 3 aromatic rings. The largest absolute Gasteiger partial charge is 0.479 e. The Kier molecular flexibility index (Phi) is 9.81. The van der Waals surface area contributed by atoms with Gasteiger partial charge in [0.05, 0.1) is 11.2 Å². The van der Waals surface area contributed by atoms with Crippen molar-refractivity contribution in [3.8, 4) is 17.1 Å². The van der Waals surface area contributed by atoms with Crippen LogP contribution in [0, 0.1) is 5.92 Å². The molecule has 2 aromatic carbocycles. The molecule has 0 fully saturated rings. The number of amides is 2. The van der Waals surface area contributed by atoms with Crippen LogP contribution in [-0.2, 0) is 9.59 Å². The molecule has 2 N–H and O–H groups in total. The fourth-order valence-corrected chi connectivity index (χ4v) is 3.81. The van der Waals surface area contributed by atoms with Gasteiger partial charge in [-0.15, -0.1) is 0 Å². The van der Waals surface area contributed by atoms with E-state index in [-0.39, 0.29) is 10.9 Å². The second kappa shape index (κ2) is 12.8. The predicted octanol–water partition coefficient (Wildman–Crippen LogP) is 6.36. The highest BCUT2D eigenvalue weighted by Crippen LogP contribution is 2.28. The second-order valence-corrected chi connectivity index (χ2v) is 9.75. The predicted molar refractivity (Wildman–Crippen MR) is 143 cm³/mol. The minimum atomic E-state index is -0.899. The molecule has 0 aliphatic rings. The Morgan fingerprint density at radius 2 is 1.67 bits per heavy atom. The van der Waals surface area contributed by atoms with Crippen molar-refractivity contribution in [2.45, 2.75) is 39.3 Å². The van der Waals surface area contributed by atoms with Crippen LogP contribution < -0.4 is 15.5 Å². The molecule has 0 radical (unpaired) electrons. The summed E-state index contributed by atoms with van der Waals surface area (Å²) in [5, 5.41) is 8.07. The van der Waals surface area contributed by atoms with Gasteiger partial charge in [0.25, 0.3) is 11.8 Å². The third-order valence-corrected chi connectivity index (χ3v) is 5.81. The molecule has 1 heterocycles. The van der Waals surface area contributed by atoms with E-state index in [4.69, 9.17) is 44.0 Å². The van der Waals surface area contributed by atoms with Crippen molar-refractivity contribution in [3.63, 3.8) is 0 Å². The van der Waals surface area contributed by atoms with Crippen LogP contribution in [0.4, 0.5) is 0 Å². The van der Waals surface area contributed by atoms with Crippen LogP contribution in [0.25, 0.3) is 11.3 Å². The van der Waals surface area contributed by atoms with Crippen molar-refractivity contribution in [1.29, 1.82) is 0 Å². The van der Waals surface area contributed by atoms with E-state index < -0.39 is 24.0 Å². The van der Waals surface area contributed by atoms with Crippen molar-refractivity contribution in [1.82, 2.24) is 10.7 Å². The lowest BCUT2D eigenvalue weighted by Gasteiger charge is -2.22. The van der Waals surface area contributed by atoms with Crippen molar-refractivity contribution >= 4 is 52.8 Å². The monoisotopic (exact) mass is 549 g/mol. The van der Waals surface area contributed by atoms with Crippen LogP contribution in [0.3, 0.4) is 0 Å². The summed E-state index contributed by atoms with van der Waals surface area (Å²) < 4.78 is 11.4. The third kappa shape index (κ3) is 8.01. The number of furan rings is 1. The molecule has 2 atom stereocenters. The molecular formula is C26H26Cl3N3O4. The molecule has 0 aliphatic heterocycles. The number of hydrazone groups is 1. The Morgan fingerprint density at radius 1 is 0.972 bits per heavy atom. The van der Waals surface area contributed by atoms with E-state index in [0.29, 0.717) is 33.7 Å². The van der Waals surface area contributed by atoms with E-state index in [9.17, 15) is 9.59 Å². The summed E-state index contributed by atoms with van der Waals surface area (Å²) in [6, 6.07) is 14.6. The average Bonchev–Trinajstić information content (AvgIpc) is 3.29. The highest BCUT2D eigenvalue weighted by molar-refractivity contribution is 6.35. The van der Waals surface area contributed by atoms with Crippen LogP contribution in [0.2, 0.25) is 15.1 Å². The standard InChI is InChI=1S/C26H26Cl3N3O4/c1-15(2)12-22(31-25(33)16(3)35-24-10-8-19(28)13-21(24)29)26(34)32-30-14-20-9-11-23(36-20)17-4-6-18(27)7-5-17/h4-11,13-16,22H,12H2,1-3H3,(H,31,33)(H,32,34)/b30-14-/t16-,22+/m1/s1. The van der Waals surface area contributed by atoms with Gasteiger partial charge in [0.15, 0.2) is 6.10 Å². The number of carbonyl (C=O) groups excluding carboxylic acids is 2. The van der Waals surface area contributed by atoms with Crippen LogP contribution >= 0.6 is 34.8 Å². The first kappa shape index (κ1) is 27.6. The lowest BCUT2D eigenvalue weighted by molar-refractivity contribution is -0.132. The van der Waals surface area contributed by atoms with E-state index in [1.807, 2.05) is 26.0 Å². The van der Waals surface area contributed by atoms with Gasteiger partial charge in [0, 0.05) is 15.6 Å². The van der Waals surface area contributed by atoms with Gasteiger partial charge < -0.3 is 14.5 Å². The molecule has 2 amide bonds. The van der Waals surface area contributed by atoms with E-state index >= 15 is 0 Å². The van der Waals surface area contributed by atoms with Crippen molar-refractivity contribution < 1.29 is 18.7 Å². The van der Waals surface area contributed by atoms with Crippen LogP contribution in [0.5, 0.6) is 5.75 Å². The topological polar surface area (TPSA) is 92.9 Å². The summed E-state index contributed by atoms with van der Waals surface area (Å²) in [5.74, 6) is 0.609. The van der Waals surface area contributed by atoms with Gasteiger partial charge in [-0.2, -0.15) is 5.10 Å². The summed E-state index contributed by atoms with van der Waals surface area (Å²) in [4.78, 5) is 25.5. The molecule has 0 saturated heterocycles. The molecular weight excluding hydrogens is 525 g/mol. The minimum Gasteiger partial charge on any atom is -0.479 e. The van der Waals surface area contributed by atoms with Crippen LogP contribution in [0.1, 0.15) is 33.0 Å². The van der Waals surface area contributed by atoms with E-state index in [1.165, 1.54) is 12.3 Å². The number of nitrogens with one attached hydrogen (secondary N) is 2. The quantitative estimate of drug-likeness (QED) is 0.227. The maximum absolute atomic E-state index is 12.8. The fraction of sp³-hybridized carbons (Fsp3) is 0.269. The Labute approximate surface area is 224 Å². The zero-order valence-electron chi connectivity index (χ0n) is 19.9. The van der Waals surface area contributed by atoms with Crippen LogP contribution in [0.15, 0.2) is 64.1 Å². The SMILES string of the molecule is CC(C)C[C@H](NC(=O)[C@@H](C)Oc1ccc(Cl)cc1Cl)C(=O)N/N=C\c1ccc(-c2ccc(Cl)cc2)o1. The highest BCUT2D eigenvalue weighted by atomic mass is 35.5. The molecule has 190 valence electrons. The number of ether oxygens (including phenoxy) is 1. The molecule has 36 heavy (non-hydrogen) atoms. The van der Waals surface area contributed by atoms with Crippen molar-refractivity contribution in [3.05, 3.63) is 75.4 Å². The second-order valence-electron chi connectivity index (χ2n) is 8.47. The molecule has 0 saturated carbocycles. The zero-order valence-corrected chi connectivity index (χ0v) is 22.2. The molecule has 3 rings (SSSR count). The molecule has 1 aromatic heterocycles. The normalized spacial score (nSPS) is 13.0. The maximum Gasteiger partial charge on any atom is 0.262 e. The fourth-order valence-electron chi connectivity index (χ4n) is 3.24. The molecule has 0 bridgehead atoms. The van der Waals surface area contributed by atoms with Gasteiger partial charge in [0.1, 0.15) is 23.3 Å². The summed E-state index contributed by atoms with van der Waals surface area (Å²) >= 11 is 17.9. The average molecular weight is 551 g/mol. The Balaban J connectivity index is 1.59. The first-order valence-corrected chi connectivity index (χ1v) is 12.4. The maximum atomic E-state index is 12.8. The van der Waals surface area contributed by atoms with Crippen molar-refractivity contribution in [2.24, 2.45) is 11.0 Å². The van der Waals surface area contributed by atoms with Gasteiger partial charge in [-0.05, 0) is 73.9 Å². The van der Waals surface area contributed by atoms with E-state index in [1.54, 1.807) is 43.3 Å². The van der Waals surface area contributed by atoms with Crippen LogP contribution in [-0.4, -0.2) is 30.2 Å². The first-order valence-electron chi connectivity index (χ1n) is 11.2. The lowest BCUT2D eigenvalue weighted by atomic mass is 10.0. The van der Waals surface area contributed by atoms with Gasteiger partial charge in [-0.1, -0.05) is 48.7 Å². The number of hydrogen-bond acceptors (Lipinski definition) is 5. The summed E-state index contributed by atoms with van der Waals surface area (Å²) in [5.41, 5.74) is 3.32. The third-order valence-electron chi connectivity index (χ3n) is 5.03. The number of nitrogens with zero attached hydrogens (tertiary/aromatic N) is 1. The number of halogens is 3. The smallest absolute Gasteiger partial charge is 0.262 e. The molecule has 0 spiro atoms. The Morgan fingerprint density at radius 3 is 2.33 bits per heavy atom. The Bertz CT molecular complexity index is 1230. The molecule has 0 unspecified atom stereocenters. The number of carbonyl (C=O) groups is 2. The minimum absolute atomic E-state index is 0.138. The lowest BCUT2D eigenvalue weighted by Crippen LogP contribution is -2.49. The Hall–Kier alpha value is -3.00. The van der Waals surface area contributed by atoms with Gasteiger partial charge in [0.2, 0.25) is 0 Å². The number of hydrogen-bond donors (Lipinski definition) is 2. The van der Waals surface area contributed by atoms with Gasteiger partial charge >= 0.3 is 0 Å². The zero-order chi connectivity index (χ0) is 26.2. The summed E-state index contributed by atoms with van der Waals surface area (Å²) in [6.45, 7) is 5.46.